The van der Waals surface area contributed by atoms with Crippen molar-refractivity contribution >= 4 is 35.8 Å². The quantitative estimate of drug-likeness (QED) is 0.202. The summed E-state index contributed by atoms with van der Waals surface area (Å²) in [6, 6.07) is 8.68. The van der Waals surface area contributed by atoms with Crippen molar-refractivity contribution in [3.05, 3.63) is 35.4 Å². The Bertz CT molecular complexity index is 643. The molecule has 7 nitrogen and oxygen atoms in total. The molecule has 29 heavy (non-hydrogen) atoms. The lowest BCUT2D eigenvalue weighted by Gasteiger charge is -2.26. The second-order valence-corrected chi connectivity index (χ2v) is 7.39. The van der Waals surface area contributed by atoms with E-state index in [1.54, 1.807) is 0 Å². The van der Waals surface area contributed by atoms with Gasteiger partial charge in [-0.05, 0) is 30.9 Å². The normalized spacial score (nSPS) is 17.3. The van der Waals surface area contributed by atoms with Crippen molar-refractivity contribution in [2.24, 2.45) is 10.9 Å². The van der Waals surface area contributed by atoms with E-state index in [4.69, 9.17) is 4.74 Å². The first-order chi connectivity index (χ1) is 13.7. The predicted octanol–water partition coefficient (Wildman–Crippen LogP) is 1.72. The van der Waals surface area contributed by atoms with E-state index in [1.807, 2.05) is 6.92 Å². The summed E-state index contributed by atoms with van der Waals surface area (Å²) in [7, 11) is 0. The van der Waals surface area contributed by atoms with Crippen LogP contribution >= 0.6 is 24.0 Å². The summed E-state index contributed by atoms with van der Waals surface area (Å²) < 4.78 is 5.40. The number of nitrogens with one attached hydrogen (secondary N) is 3. The molecule has 0 aromatic heterocycles. The third-order valence-electron chi connectivity index (χ3n) is 4.96. The fourth-order valence-electron chi connectivity index (χ4n) is 3.14. The van der Waals surface area contributed by atoms with Crippen molar-refractivity contribution in [1.29, 1.82) is 0 Å². The van der Waals surface area contributed by atoms with Crippen molar-refractivity contribution in [2.45, 2.75) is 32.9 Å². The number of hydrogen-bond donors (Lipinski definition) is 3. The van der Waals surface area contributed by atoms with Gasteiger partial charge in [0.2, 0.25) is 5.91 Å². The second-order valence-electron chi connectivity index (χ2n) is 7.39. The summed E-state index contributed by atoms with van der Waals surface area (Å²) in [6.07, 6.45) is 2.07. The molecular formula is C21H34IN5O2. The third kappa shape index (κ3) is 8.88. The van der Waals surface area contributed by atoms with Crippen molar-refractivity contribution in [3.63, 3.8) is 0 Å². The number of guanidine groups is 1. The molecule has 1 heterocycles. The van der Waals surface area contributed by atoms with Crippen LogP contribution in [0.1, 0.15) is 30.9 Å². The number of hydrogen-bond acceptors (Lipinski definition) is 4. The van der Waals surface area contributed by atoms with Crippen LogP contribution in [0.15, 0.2) is 29.3 Å². The minimum Gasteiger partial charge on any atom is -0.379 e. The van der Waals surface area contributed by atoms with E-state index in [9.17, 15) is 4.79 Å². The topological polar surface area (TPSA) is 78.0 Å². The SMILES string of the molecule is CCNC(=NCc1ccc(CN2CCOCC2)cc1)NCCNC(=O)C1CC1.I. The van der Waals surface area contributed by atoms with Gasteiger partial charge in [-0.15, -0.1) is 24.0 Å². The number of amides is 1. The summed E-state index contributed by atoms with van der Waals surface area (Å²) >= 11 is 0. The van der Waals surface area contributed by atoms with Gasteiger partial charge in [-0.25, -0.2) is 4.99 Å². The minimum absolute atomic E-state index is 0. The Balaban J connectivity index is 0.00000300. The van der Waals surface area contributed by atoms with Gasteiger partial charge < -0.3 is 20.7 Å². The molecule has 2 fully saturated rings. The first kappa shape index (κ1) is 23.9. The number of morpholine rings is 1. The molecule has 2 aliphatic rings. The molecule has 0 atom stereocenters. The molecule has 162 valence electrons. The van der Waals surface area contributed by atoms with Crippen LogP contribution in [0.3, 0.4) is 0 Å². The van der Waals surface area contributed by atoms with Gasteiger partial charge in [0.15, 0.2) is 5.96 Å². The number of nitrogens with zero attached hydrogens (tertiary/aromatic N) is 2. The van der Waals surface area contributed by atoms with E-state index in [0.717, 1.165) is 58.2 Å². The third-order valence-corrected chi connectivity index (χ3v) is 4.96. The molecule has 1 amide bonds. The number of halogens is 1. The van der Waals surface area contributed by atoms with Crippen LogP contribution in [-0.2, 0) is 22.6 Å². The van der Waals surface area contributed by atoms with E-state index in [1.165, 1.54) is 11.1 Å². The van der Waals surface area contributed by atoms with E-state index < -0.39 is 0 Å². The second kappa shape index (κ2) is 13.0. The van der Waals surface area contributed by atoms with Gasteiger partial charge in [0.05, 0.1) is 19.8 Å². The lowest BCUT2D eigenvalue weighted by Crippen LogP contribution is -2.41. The van der Waals surface area contributed by atoms with E-state index >= 15 is 0 Å². The molecule has 3 rings (SSSR count). The van der Waals surface area contributed by atoms with Crippen molar-refractivity contribution in [2.75, 3.05) is 45.9 Å². The maximum Gasteiger partial charge on any atom is 0.223 e. The molecule has 0 bridgehead atoms. The van der Waals surface area contributed by atoms with Crippen molar-refractivity contribution in [3.8, 4) is 0 Å². The predicted molar refractivity (Wildman–Crippen MR) is 127 cm³/mol. The monoisotopic (exact) mass is 515 g/mol. The Morgan fingerprint density at radius 3 is 2.38 bits per heavy atom. The standard InChI is InChI=1S/C21H33N5O2.HI/c1-2-22-21(24-10-9-23-20(27)19-7-8-19)25-15-17-3-5-18(6-4-17)16-26-11-13-28-14-12-26;/h3-6,19H,2,7-16H2,1H3,(H,23,27)(H2,22,24,25);1H. The Morgan fingerprint density at radius 1 is 1.07 bits per heavy atom. The maximum atomic E-state index is 11.6. The zero-order valence-electron chi connectivity index (χ0n) is 17.3. The number of aliphatic imine (C=N–C) groups is 1. The maximum absolute atomic E-state index is 11.6. The van der Waals surface area contributed by atoms with Crippen LogP contribution in [0, 0.1) is 5.92 Å². The van der Waals surface area contributed by atoms with Gasteiger partial charge in [-0.2, -0.15) is 0 Å². The molecule has 1 saturated carbocycles. The molecule has 0 unspecified atom stereocenters. The highest BCUT2D eigenvalue weighted by atomic mass is 127. The molecule has 3 N–H and O–H groups in total. The Kier molecular flexibility index (Phi) is 10.7. The van der Waals surface area contributed by atoms with Gasteiger partial charge >= 0.3 is 0 Å². The van der Waals surface area contributed by atoms with Gasteiger partial charge in [-0.3, -0.25) is 9.69 Å². The molecule has 0 radical (unpaired) electrons. The number of ether oxygens (including phenoxy) is 1. The number of carbonyl (C=O) groups is 1. The first-order valence-corrected chi connectivity index (χ1v) is 10.4. The fraction of sp³-hybridized carbons (Fsp3) is 0.619. The molecule has 1 saturated heterocycles. The molecule has 1 aromatic rings. The first-order valence-electron chi connectivity index (χ1n) is 10.4. The van der Waals surface area contributed by atoms with Crippen LogP contribution in [-0.4, -0.2) is 62.7 Å². The summed E-state index contributed by atoms with van der Waals surface area (Å²) in [4.78, 5) is 18.7. The van der Waals surface area contributed by atoms with Crippen LogP contribution < -0.4 is 16.0 Å². The van der Waals surface area contributed by atoms with Crippen LogP contribution in [0.5, 0.6) is 0 Å². The smallest absolute Gasteiger partial charge is 0.223 e. The Hall–Kier alpha value is -1.39. The highest BCUT2D eigenvalue weighted by molar-refractivity contribution is 14.0. The van der Waals surface area contributed by atoms with Crippen molar-refractivity contribution < 1.29 is 9.53 Å². The van der Waals surface area contributed by atoms with Crippen LogP contribution in [0.4, 0.5) is 0 Å². The van der Waals surface area contributed by atoms with Crippen molar-refractivity contribution in [1.82, 2.24) is 20.9 Å². The van der Waals surface area contributed by atoms with Gasteiger partial charge in [-0.1, -0.05) is 24.3 Å². The Morgan fingerprint density at radius 2 is 1.72 bits per heavy atom. The molecule has 1 aliphatic heterocycles. The average molecular weight is 515 g/mol. The molecule has 8 heteroatoms. The summed E-state index contributed by atoms with van der Waals surface area (Å²) in [5.41, 5.74) is 2.51. The lowest BCUT2D eigenvalue weighted by atomic mass is 10.1. The van der Waals surface area contributed by atoms with Gasteiger partial charge in [0.1, 0.15) is 0 Å². The highest BCUT2D eigenvalue weighted by Gasteiger charge is 2.28. The zero-order valence-corrected chi connectivity index (χ0v) is 19.6. The van der Waals surface area contributed by atoms with E-state index in [2.05, 4.69) is 50.1 Å². The molecule has 0 spiro atoms. The fourth-order valence-corrected chi connectivity index (χ4v) is 3.14. The number of rotatable bonds is 9. The largest absolute Gasteiger partial charge is 0.379 e. The van der Waals surface area contributed by atoms with Gasteiger partial charge in [0.25, 0.3) is 0 Å². The van der Waals surface area contributed by atoms with Crippen LogP contribution in [0.2, 0.25) is 0 Å². The molecular weight excluding hydrogens is 481 g/mol. The zero-order chi connectivity index (χ0) is 19.6. The Labute approximate surface area is 191 Å². The highest BCUT2D eigenvalue weighted by Crippen LogP contribution is 2.28. The van der Waals surface area contributed by atoms with E-state index in [0.29, 0.717) is 19.6 Å². The van der Waals surface area contributed by atoms with E-state index in [-0.39, 0.29) is 35.8 Å². The molecule has 1 aromatic carbocycles. The lowest BCUT2D eigenvalue weighted by molar-refractivity contribution is -0.122. The average Bonchev–Trinajstić information content (AvgIpc) is 3.56. The van der Waals surface area contributed by atoms with Gasteiger partial charge in [0, 0.05) is 45.2 Å². The summed E-state index contributed by atoms with van der Waals surface area (Å²) in [6.45, 7) is 9.42. The number of carbonyl (C=O) groups excluding carboxylic acids is 1. The number of benzene rings is 1. The summed E-state index contributed by atoms with van der Waals surface area (Å²) in [5.74, 6) is 1.22. The minimum atomic E-state index is 0. The molecule has 1 aliphatic carbocycles. The van der Waals surface area contributed by atoms with Crippen LogP contribution in [0.25, 0.3) is 0 Å². The summed E-state index contributed by atoms with van der Waals surface area (Å²) in [5, 5.41) is 9.49.